The van der Waals surface area contributed by atoms with Crippen LogP contribution in [0.25, 0.3) is 11.8 Å². The molecule has 3 heteroatoms. The fourth-order valence-electron chi connectivity index (χ4n) is 3.38. The molecule has 0 aromatic heterocycles. The lowest BCUT2D eigenvalue weighted by atomic mass is 9.96. The molecule has 1 spiro atoms. The molecule has 0 N–H and O–H groups in total. The number of rotatable bonds is 2. The zero-order valence-electron chi connectivity index (χ0n) is 13.2. The van der Waals surface area contributed by atoms with E-state index in [2.05, 4.69) is 96.7 Å². The van der Waals surface area contributed by atoms with Crippen LogP contribution in [0.1, 0.15) is 16.7 Å². The van der Waals surface area contributed by atoms with E-state index in [0.717, 1.165) is 0 Å². The fourth-order valence-corrected chi connectivity index (χ4v) is 6.53. The zero-order valence-corrected chi connectivity index (χ0v) is 14.8. The van der Waals surface area contributed by atoms with Gasteiger partial charge in [-0.05, 0) is 17.7 Å². The van der Waals surface area contributed by atoms with Crippen LogP contribution in [-0.2, 0) is 4.08 Å². The van der Waals surface area contributed by atoms with Gasteiger partial charge in [0.25, 0.3) is 0 Å². The molecule has 1 nitrogen and oxygen atoms in total. The number of hydrogen-bond acceptors (Lipinski definition) is 3. The van der Waals surface area contributed by atoms with Gasteiger partial charge in [-0.25, -0.2) is 0 Å². The first-order valence-electron chi connectivity index (χ1n) is 7.81. The highest BCUT2D eigenvalue weighted by molar-refractivity contribution is 8.20. The molecule has 116 valence electrons. The zero-order chi connectivity index (χ0) is 15.9. The number of thioether (sulfide) groups is 2. The summed E-state index contributed by atoms with van der Waals surface area (Å²) in [6, 6.07) is 17.3. The molecule has 0 bridgehead atoms. The van der Waals surface area contributed by atoms with Crippen molar-refractivity contribution >= 4 is 41.0 Å². The number of benzene rings is 2. The van der Waals surface area contributed by atoms with Crippen molar-refractivity contribution in [2.24, 2.45) is 0 Å². The Hall–Kier alpha value is -1.58. The summed E-state index contributed by atoms with van der Waals surface area (Å²) in [5, 5.41) is 0. The van der Waals surface area contributed by atoms with Crippen LogP contribution >= 0.6 is 23.5 Å². The molecule has 0 radical (unpaired) electrons. The molecule has 0 aliphatic carbocycles. The predicted octanol–water partition coefficient (Wildman–Crippen LogP) is 5.45. The Kier molecular flexibility index (Phi) is 3.78. The van der Waals surface area contributed by atoms with Crippen molar-refractivity contribution in [3.8, 4) is 0 Å². The molecule has 1 saturated heterocycles. The highest BCUT2D eigenvalue weighted by atomic mass is 32.2. The van der Waals surface area contributed by atoms with Gasteiger partial charge in [-0.15, -0.1) is 23.5 Å². The molecule has 0 saturated carbocycles. The summed E-state index contributed by atoms with van der Waals surface area (Å²) in [6.45, 7) is 3.99. The Morgan fingerprint density at radius 3 is 2.52 bits per heavy atom. The smallest absolute Gasteiger partial charge is 0.109 e. The second-order valence-corrected chi connectivity index (χ2v) is 8.70. The van der Waals surface area contributed by atoms with Gasteiger partial charge in [-0.1, -0.05) is 55.1 Å². The van der Waals surface area contributed by atoms with Crippen LogP contribution in [-0.4, -0.2) is 18.6 Å². The molecule has 0 unspecified atom stereocenters. The van der Waals surface area contributed by atoms with Gasteiger partial charge in [-0.2, -0.15) is 0 Å². The Labute approximate surface area is 146 Å². The van der Waals surface area contributed by atoms with Crippen molar-refractivity contribution < 1.29 is 0 Å². The Balaban J connectivity index is 1.94. The second-order valence-electron chi connectivity index (χ2n) is 5.76. The van der Waals surface area contributed by atoms with Gasteiger partial charge in [0.05, 0.1) is 0 Å². The van der Waals surface area contributed by atoms with E-state index in [4.69, 9.17) is 0 Å². The summed E-state index contributed by atoms with van der Waals surface area (Å²) >= 11 is 4.11. The van der Waals surface area contributed by atoms with Gasteiger partial charge in [0, 0.05) is 41.1 Å². The summed E-state index contributed by atoms with van der Waals surface area (Å²) in [6.07, 6.45) is 4.41. The van der Waals surface area contributed by atoms with E-state index in [1.54, 1.807) is 0 Å². The van der Waals surface area contributed by atoms with Crippen LogP contribution in [0, 0.1) is 0 Å². The van der Waals surface area contributed by atoms with Crippen molar-refractivity contribution in [3.63, 3.8) is 0 Å². The van der Waals surface area contributed by atoms with Crippen LogP contribution in [0.5, 0.6) is 0 Å². The summed E-state index contributed by atoms with van der Waals surface area (Å²) < 4.78 is 0.0483. The first-order valence-corrected chi connectivity index (χ1v) is 9.78. The molecular formula is C20H19NS2. The van der Waals surface area contributed by atoms with E-state index >= 15 is 0 Å². The van der Waals surface area contributed by atoms with Gasteiger partial charge in [0.2, 0.25) is 0 Å². The van der Waals surface area contributed by atoms with Crippen LogP contribution < -0.4 is 4.90 Å². The van der Waals surface area contributed by atoms with Gasteiger partial charge in [0.1, 0.15) is 4.08 Å². The van der Waals surface area contributed by atoms with Crippen LogP contribution in [0.2, 0.25) is 0 Å². The SMILES string of the molecule is C=Cc1ccccc1C1=CC2(SCCS2)c2ccccc2N1C. The number of nitrogens with zero attached hydrogens (tertiary/aromatic N) is 1. The molecule has 4 rings (SSSR count). The molecule has 2 aromatic carbocycles. The maximum Gasteiger partial charge on any atom is 0.109 e. The summed E-state index contributed by atoms with van der Waals surface area (Å²) in [5.74, 6) is 2.41. The van der Waals surface area contributed by atoms with Crippen molar-refractivity contribution in [3.05, 3.63) is 77.9 Å². The predicted molar refractivity (Wildman–Crippen MR) is 106 cm³/mol. The lowest BCUT2D eigenvalue weighted by Crippen LogP contribution is -2.28. The third kappa shape index (κ3) is 2.34. The first kappa shape index (κ1) is 15.0. The van der Waals surface area contributed by atoms with Gasteiger partial charge in [0.15, 0.2) is 0 Å². The highest BCUT2D eigenvalue weighted by Crippen LogP contribution is 2.59. The number of fused-ring (bicyclic) bond motifs is 2. The van der Waals surface area contributed by atoms with E-state index < -0.39 is 0 Å². The average Bonchev–Trinajstić information content (AvgIpc) is 3.08. The molecule has 2 aromatic rings. The third-order valence-electron chi connectivity index (χ3n) is 4.50. The number of para-hydroxylation sites is 1. The highest BCUT2D eigenvalue weighted by Gasteiger charge is 2.41. The van der Waals surface area contributed by atoms with E-state index in [1.807, 2.05) is 6.08 Å². The van der Waals surface area contributed by atoms with E-state index in [9.17, 15) is 0 Å². The van der Waals surface area contributed by atoms with Crippen molar-refractivity contribution in [2.45, 2.75) is 4.08 Å². The normalized spacial score (nSPS) is 18.7. The standard InChI is InChI=1S/C20H19NS2/c1-3-15-8-4-5-9-16(15)19-14-20(22-12-13-23-20)17-10-6-7-11-18(17)21(19)2/h3-11,14H,1,12-13H2,2H3. The van der Waals surface area contributed by atoms with Crippen molar-refractivity contribution in [1.82, 2.24) is 0 Å². The average molecular weight is 338 g/mol. The molecular weight excluding hydrogens is 318 g/mol. The minimum Gasteiger partial charge on any atom is -0.344 e. The Morgan fingerprint density at radius 1 is 1.04 bits per heavy atom. The van der Waals surface area contributed by atoms with E-state index in [1.165, 1.54) is 39.6 Å². The van der Waals surface area contributed by atoms with E-state index in [-0.39, 0.29) is 4.08 Å². The van der Waals surface area contributed by atoms with Crippen LogP contribution in [0.15, 0.2) is 61.2 Å². The number of anilines is 1. The third-order valence-corrected chi connectivity index (χ3v) is 7.82. The van der Waals surface area contributed by atoms with E-state index in [0.29, 0.717) is 0 Å². The van der Waals surface area contributed by atoms with Gasteiger partial charge >= 0.3 is 0 Å². The minimum atomic E-state index is 0.0483. The van der Waals surface area contributed by atoms with Crippen molar-refractivity contribution in [1.29, 1.82) is 0 Å². The molecule has 0 atom stereocenters. The maximum absolute atomic E-state index is 3.99. The Bertz CT molecular complexity index is 788. The first-order chi connectivity index (χ1) is 11.2. The van der Waals surface area contributed by atoms with Gasteiger partial charge in [-0.3, -0.25) is 0 Å². The minimum absolute atomic E-state index is 0.0483. The maximum atomic E-state index is 3.99. The molecule has 2 aliphatic rings. The van der Waals surface area contributed by atoms with Gasteiger partial charge < -0.3 is 4.90 Å². The molecule has 2 heterocycles. The quantitative estimate of drug-likeness (QED) is 0.717. The fraction of sp³-hybridized carbons (Fsp3) is 0.200. The summed E-state index contributed by atoms with van der Waals surface area (Å²) in [5.41, 5.74) is 6.46. The summed E-state index contributed by atoms with van der Waals surface area (Å²) in [7, 11) is 2.17. The number of hydrogen-bond donors (Lipinski definition) is 0. The Morgan fingerprint density at radius 2 is 1.74 bits per heavy atom. The monoisotopic (exact) mass is 337 g/mol. The summed E-state index contributed by atoms with van der Waals surface area (Å²) in [4.78, 5) is 2.32. The lowest BCUT2D eigenvalue weighted by molar-refractivity contribution is 1.05. The molecule has 0 amide bonds. The molecule has 23 heavy (non-hydrogen) atoms. The second kappa shape index (κ2) is 5.81. The molecule has 1 fully saturated rings. The topological polar surface area (TPSA) is 3.24 Å². The van der Waals surface area contributed by atoms with Crippen molar-refractivity contribution in [2.75, 3.05) is 23.5 Å². The molecule has 2 aliphatic heterocycles. The lowest BCUT2D eigenvalue weighted by Gasteiger charge is -2.38. The largest absolute Gasteiger partial charge is 0.344 e. The van der Waals surface area contributed by atoms with Crippen LogP contribution in [0.3, 0.4) is 0 Å². The van der Waals surface area contributed by atoms with Crippen LogP contribution in [0.4, 0.5) is 5.69 Å².